The van der Waals surface area contributed by atoms with E-state index in [9.17, 15) is 14.9 Å². The number of rotatable bonds is 6. The van der Waals surface area contributed by atoms with Crippen molar-refractivity contribution in [2.24, 2.45) is 0 Å². The van der Waals surface area contributed by atoms with Crippen molar-refractivity contribution in [2.45, 2.75) is 25.3 Å². The van der Waals surface area contributed by atoms with Crippen LogP contribution in [-0.2, 0) is 4.79 Å². The first-order chi connectivity index (χ1) is 10.1. The first kappa shape index (κ1) is 13.7. The third kappa shape index (κ3) is 3.10. The highest BCUT2D eigenvalue weighted by molar-refractivity contribution is 7.16. The molecule has 21 heavy (non-hydrogen) atoms. The van der Waals surface area contributed by atoms with Gasteiger partial charge in [-0.05, 0) is 25.0 Å². The second kappa shape index (κ2) is 5.65. The summed E-state index contributed by atoms with van der Waals surface area (Å²) in [4.78, 5) is 26.4. The summed E-state index contributed by atoms with van der Waals surface area (Å²) in [6.07, 6.45) is 2.39. The van der Waals surface area contributed by atoms with E-state index in [0.717, 1.165) is 17.5 Å². The van der Waals surface area contributed by atoms with Crippen LogP contribution in [0.2, 0.25) is 0 Å². The van der Waals surface area contributed by atoms with Crippen LogP contribution >= 0.6 is 11.3 Å². The predicted octanol–water partition coefficient (Wildman–Crippen LogP) is 2.29. The minimum absolute atomic E-state index is 0.0256. The maximum absolute atomic E-state index is 11.6. The Hall–Kier alpha value is -2.22. The second-order valence-corrected chi connectivity index (χ2v) is 5.82. The number of hydrogen-bond donors (Lipinski definition) is 2. The maximum Gasteiger partial charge on any atom is 0.319 e. The number of nitro benzene ring substituents is 1. The highest BCUT2D eigenvalue weighted by Crippen LogP contribution is 2.34. The molecule has 7 nitrogen and oxygen atoms in total. The van der Waals surface area contributed by atoms with E-state index in [2.05, 4.69) is 15.6 Å². The van der Waals surface area contributed by atoms with Gasteiger partial charge in [-0.2, -0.15) is 0 Å². The number of aromatic nitrogens is 1. The average Bonchev–Trinajstić information content (AvgIpc) is 3.12. The van der Waals surface area contributed by atoms with Crippen molar-refractivity contribution in [1.29, 1.82) is 0 Å². The van der Waals surface area contributed by atoms with Crippen LogP contribution < -0.4 is 10.6 Å². The summed E-state index contributed by atoms with van der Waals surface area (Å²) >= 11 is 1.36. The molecule has 2 aromatic rings. The summed E-state index contributed by atoms with van der Waals surface area (Å²) in [6.45, 7) is 0.356. The summed E-state index contributed by atoms with van der Waals surface area (Å²) in [5, 5.41) is 17.1. The number of carbonyl (C=O) groups excluding carboxylic acids is 1. The first-order valence-corrected chi connectivity index (χ1v) is 7.57. The van der Waals surface area contributed by atoms with Crippen LogP contribution in [-0.4, -0.2) is 28.4 Å². The molecule has 0 radical (unpaired) electrons. The summed E-state index contributed by atoms with van der Waals surface area (Å²) in [5.41, 5.74) is 2.34. The van der Waals surface area contributed by atoms with Gasteiger partial charge in [0.05, 0.1) is 15.1 Å². The van der Waals surface area contributed by atoms with E-state index in [1.54, 1.807) is 17.6 Å². The summed E-state index contributed by atoms with van der Waals surface area (Å²) < 4.78 is 0.777. The highest BCUT2D eigenvalue weighted by atomic mass is 32.1. The van der Waals surface area contributed by atoms with Crippen molar-refractivity contribution in [3.63, 3.8) is 0 Å². The molecule has 1 amide bonds. The summed E-state index contributed by atoms with van der Waals surface area (Å²) in [6, 6.07) is 3.79. The molecule has 110 valence electrons. The predicted molar refractivity (Wildman–Crippen MR) is 80.5 cm³/mol. The molecule has 1 aromatic carbocycles. The zero-order valence-electron chi connectivity index (χ0n) is 11.2. The fourth-order valence-electron chi connectivity index (χ4n) is 2.08. The Morgan fingerprint density at radius 1 is 1.48 bits per heavy atom. The Labute approximate surface area is 124 Å². The van der Waals surface area contributed by atoms with Gasteiger partial charge in [0.25, 0.3) is 0 Å². The van der Waals surface area contributed by atoms with Crippen LogP contribution in [0.5, 0.6) is 0 Å². The summed E-state index contributed by atoms with van der Waals surface area (Å²) in [7, 11) is 0. The van der Waals surface area contributed by atoms with Crippen LogP contribution in [0.15, 0.2) is 17.6 Å². The molecule has 3 rings (SSSR count). The van der Waals surface area contributed by atoms with Crippen molar-refractivity contribution in [1.82, 2.24) is 10.3 Å². The number of nitrogens with zero attached hydrogens (tertiary/aromatic N) is 2. The molecule has 1 aliphatic rings. The Kier molecular flexibility index (Phi) is 3.70. The minimum atomic E-state index is -0.436. The largest absolute Gasteiger partial charge is 0.379 e. The van der Waals surface area contributed by atoms with Crippen LogP contribution in [0.25, 0.3) is 10.2 Å². The third-order valence-electron chi connectivity index (χ3n) is 3.27. The van der Waals surface area contributed by atoms with E-state index in [1.165, 1.54) is 11.3 Å². The molecule has 0 bridgehead atoms. The number of nitro groups is 1. The van der Waals surface area contributed by atoms with E-state index in [4.69, 9.17) is 0 Å². The van der Waals surface area contributed by atoms with Gasteiger partial charge in [0.2, 0.25) is 5.91 Å². The maximum atomic E-state index is 11.6. The van der Waals surface area contributed by atoms with Crippen molar-refractivity contribution in [2.75, 3.05) is 11.9 Å². The van der Waals surface area contributed by atoms with Crippen molar-refractivity contribution >= 4 is 38.8 Å². The number of hydrogen-bond acceptors (Lipinski definition) is 6. The second-order valence-electron chi connectivity index (χ2n) is 4.94. The lowest BCUT2D eigenvalue weighted by Gasteiger charge is -2.07. The molecule has 1 aromatic heterocycles. The molecule has 0 spiro atoms. The number of anilines is 1. The lowest BCUT2D eigenvalue weighted by atomic mass is 10.2. The van der Waals surface area contributed by atoms with Crippen LogP contribution in [0.3, 0.4) is 0 Å². The van der Waals surface area contributed by atoms with Gasteiger partial charge in [0, 0.05) is 19.0 Å². The monoisotopic (exact) mass is 306 g/mol. The fraction of sp³-hybridized carbons (Fsp3) is 0.385. The Morgan fingerprint density at radius 2 is 2.29 bits per heavy atom. The quantitative estimate of drug-likeness (QED) is 0.630. The topological polar surface area (TPSA) is 97.2 Å². The van der Waals surface area contributed by atoms with Crippen LogP contribution in [0.1, 0.15) is 19.3 Å². The lowest BCUT2D eigenvalue weighted by Crippen LogP contribution is -2.27. The van der Waals surface area contributed by atoms with Crippen molar-refractivity contribution in [3.8, 4) is 0 Å². The molecule has 1 saturated carbocycles. The van der Waals surface area contributed by atoms with Gasteiger partial charge in [0.1, 0.15) is 5.69 Å². The van der Waals surface area contributed by atoms with Gasteiger partial charge in [-0.25, -0.2) is 4.98 Å². The average molecular weight is 306 g/mol. The molecule has 0 aliphatic heterocycles. The fourth-order valence-corrected chi connectivity index (χ4v) is 2.76. The molecule has 1 aliphatic carbocycles. The first-order valence-electron chi connectivity index (χ1n) is 6.69. The zero-order chi connectivity index (χ0) is 14.8. The molecule has 2 N–H and O–H groups in total. The highest BCUT2D eigenvalue weighted by Gasteiger charge is 2.23. The normalized spacial score (nSPS) is 14.1. The van der Waals surface area contributed by atoms with E-state index in [-0.39, 0.29) is 11.6 Å². The number of carbonyl (C=O) groups is 1. The zero-order valence-corrected chi connectivity index (χ0v) is 12.0. The molecule has 1 heterocycles. The summed E-state index contributed by atoms with van der Waals surface area (Å²) in [5.74, 6) is -0.0256. The van der Waals surface area contributed by atoms with Gasteiger partial charge in [-0.1, -0.05) is 0 Å². The van der Waals surface area contributed by atoms with Crippen LogP contribution in [0.4, 0.5) is 11.4 Å². The van der Waals surface area contributed by atoms with Gasteiger partial charge >= 0.3 is 5.69 Å². The number of thiazole rings is 1. The van der Waals surface area contributed by atoms with E-state index in [1.807, 2.05) is 0 Å². The number of amides is 1. The number of nitrogens with one attached hydrogen (secondary N) is 2. The molecular formula is C13H14N4O3S. The molecule has 8 heteroatoms. The Balaban J connectivity index is 1.69. The van der Waals surface area contributed by atoms with E-state index < -0.39 is 4.92 Å². The molecule has 0 unspecified atom stereocenters. The number of benzene rings is 1. The Bertz CT molecular complexity index is 696. The lowest BCUT2D eigenvalue weighted by molar-refractivity contribution is -0.382. The SMILES string of the molecule is O=C(CCNc1ccc2scnc2c1[N+](=O)[O-])NC1CC1. The van der Waals surface area contributed by atoms with Crippen LogP contribution in [0, 0.1) is 10.1 Å². The molecule has 0 atom stereocenters. The van der Waals surface area contributed by atoms with Gasteiger partial charge < -0.3 is 10.6 Å². The van der Waals surface area contributed by atoms with Gasteiger partial charge in [-0.15, -0.1) is 11.3 Å². The van der Waals surface area contributed by atoms with Crippen molar-refractivity contribution < 1.29 is 9.72 Å². The third-order valence-corrected chi connectivity index (χ3v) is 4.06. The molecule has 0 saturated heterocycles. The number of fused-ring (bicyclic) bond motifs is 1. The standard InChI is InChI=1S/C13H14N4O3S/c18-11(16-8-1-2-8)5-6-14-9-3-4-10-12(15-7-21-10)13(9)17(19)20/h3-4,7-8,14H,1-2,5-6H2,(H,16,18). The smallest absolute Gasteiger partial charge is 0.319 e. The molecular weight excluding hydrogens is 292 g/mol. The molecule has 1 fully saturated rings. The van der Waals surface area contributed by atoms with Gasteiger partial charge in [-0.3, -0.25) is 14.9 Å². The minimum Gasteiger partial charge on any atom is -0.379 e. The van der Waals surface area contributed by atoms with E-state index in [0.29, 0.717) is 30.2 Å². The Morgan fingerprint density at radius 3 is 3.00 bits per heavy atom. The van der Waals surface area contributed by atoms with E-state index >= 15 is 0 Å². The van der Waals surface area contributed by atoms with Crippen molar-refractivity contribution in [3.05, 3.63) is 27.8 Å². The van der Waals surface area contributed by atoms with Gasteiger partial charge in [0.15, 0.2) is 5.52 Å².